The summed E-state index contributed by atoms with van der Waals surface area (Å²) in [5.41, 5.74) is 2.63. The molecule has 0 bridgehead atoms. The molecule has 3 rings (SSSR count). The molecule has 2 aromatic heterocycles. The van der Waals surface area contributed by atoms with Crippen molar-refractivity contribution in [3.05, 3.63) is 56.6 Å². The van der Waals surface area contributed by atoms with Crippen LogP contribution in [0.25, 0.3) is 16.8 Å². The van der Waals surface area contributed by atoms with Gasteiger partial charge in [-0.05, 0) is 47.1 Å². The predicted octanol–water partition coefficient (Wildman–Crippen LogP) is 5.27. The molecule has 0 aliphatic rings. The molecule has 0 unspecified atom stereocenters. The van der Waals surface area contributed by atoms with Crippen molar-refractivity contribution in [2.24, 2.45) is 0 Å². The zero-order valence-corrected chi connectivity index (χ0v) is 14.0. The average Bonchev–Trinajstić information content (AvgIpc) is 2.83. The van der Waals surface area contributed by atoms with Crippen molar-refractivity contribution in [3.8, 4) is 11.3 Å². The number of carbonyl (C=O) groups is 1. The normalized spacial score (nSPS) is 11.0. The first-order valence-electron chi connectivity index (χ1n) is 6.12. The van der Waals surface area contributed by atoms with Crippen LogP contribution in [-0.4, -0.2) is 15.4 Å². The van der Waals surface area contributed by atoms with Gasteiger partial charge in [-0.25, -0.2) is 4.52 Å². The largest absolute Gasteiger partial charge is 0.294 e. The van der Waals surface area contributed by atoms with Crippen molar-refractivity contribution < 1.29 is 4.79 Å². The third-order valence-corrected chi connectivity index (χ3v) is 4.66. The van der Waals surface area contributed by atoms with E-state index in [0.29, 0.717) is 26.9 Å². The van der Waals surface area contributed by atoms with Gasteiger partial charge in [-0.3, -0.25) is 4.79 Å². The number of rotatable bonds is 2. The van der Waals surface area contributed by atoms with E-state index in [2.05, 4.69) is 21.0 Å². The highest BCUT2D eigenvalue weighted by Gasteiger charge is 2.19. The van der Waals surface area contributed by atoms with Crippen molar-refractivity contribution in [1.82, 2.24) is 9.61 Å². The van der Waals surface area contributed by atoms with Gasteiger partial charge >= 0.3 is 0 Å². The molecular weight excluding hydrogens is 375 g/mol. The van der Waals surface area contributed by atoms with Crippen LogP contribution in [0.15, 0.2) is 40.9 Å². The lowest BCUT2D eigenvalue weighted by Gasteiger charge is -2.02. The number of aromatic nitrogens is 2. The Labute approximate surface area is 139 Å². The molecule has 3 nitrogen and oxygen atoms in total. The number of hydrogen-bond acceptors (Lipinski definition) is 2. The van der Waals surface area contributed by atoms with Gasteiger partial charge in [0.25, 0.3) is 0 Å². The maximum absolute atomic E-state index is 12.0. The number of nitrogens with zero attached hydrogens (tertiary/aromatic N) is 2. The Morgan fingerprint density at radius 1 is 1.24 bits per heavy atom. The minimum Gasteiger partial charge on any atom is -0.294 e. The summed E-state index contributed by atoms with van der Waals surface area (Å²) in [6, 6.07) is 10.8. The minimum atomic E-state index is -0.0617. The second-order valence-corrected chi connectivity index (χ2v) is 6.20. The van der Waals surface area contributed by atoms with Crippen LogP contribution >= 0.6 is 39.1 Å². The topological polar surface area (TPSA) is 34.4 Å². The van der Waals surface area contributed by atoms with Crippen LogP contribution in [0.3, 0.4) is 0 Å². The van der Waals surface area contributed by atoms with Crippen LogP contribution in [0.5, 0.6) is 0 Å². The summed E-state index contributed by atoms with van der Waals surface area (Å²) in [6.45, 7) is 1.52. The molecule has 1 aromatic carbocycles. The summed E-state index contributed by atoms with van der Waals surface area (Å²) >= 11 is 15.5. The Kier molecular flexibility index (Phi) is 3.78. The number of ketones is 1. The van der Waals surface area contributed by atoms with E-state index in [1.807, 2.05) is 18.2 Å². The summed E-state index contributed by atoms with van der Waals surface area (Å²) in [5.74, 6) is -0.0617. The van der Waals surface area contributed by atoms with Gasteiger partial charge in [0.05, 0.1) is 16.1 Å². The first kappa shape index (κ1) is 14.6. The highest BCUT2D eigenvalue weighted by molar-refractivity contribution is 9.10. The highest BCUT2D eigenvalue weighted by atomic mass is 79.9. The summed E-state index contributed by atoms with van der Waals surface area (Å²) in [6.07, 6.45) is 0. The lowest BCUT2D eigenvalue weighted by Crippen LogP contribution is -1.94. The van der Waals surface area contributed by atoms with E-state index in [0.717, 1.165) is 10.0 Å². The molecule has 0 saturated heterocycles. The first-order chi connectivity index (χ1) is 9.99. The van der Waals surface area contributed by atoms with Gasteiger partial charge in [-0.1, -0.05) is 35.3 Å². The number of benzene rings is 1. The zero-order chi connectivity index (χ0) is 15.1. The van der Waals surface area contributed by atoms with Crippen LogP contribution in [0.1, 0.15) is 17.3 Å². The van der Waals surface area contributed by atoms with Crippen LogP contribution in [0, 0.1) is 0 Å². The zero-order valence-electron chi connectivity index (χ0n) is 10.9. The molecule has 0 fully saturated rings. The molecule has 0 saturated carbocycles. The summed E-state index contributed by atoms with van der Waals surface area (Å²) in [7, 11) is 0. The van der Waals surface area contributed by atoms with Crippen LogP contribution in [-0.2, 0) is 0 Å². The Hall–Kier alpha value is -1.36. The highest BCUT2D eigenvalue weighted by Crippen LogP contribution is 2.32. The molecule has 106 valence electrons. The number of Topliss-reactive ketones (excluding diaryl/α,β-unsaturated/α-hetero) is 1. The molecule has 21 heavy (non-hydrogen) atoms. The average molecular weight is 384 g/mol. The van der Waals surface area contributed by atoms with E-state index in [4.69, 9.17) is 23.2 Å². The smallest absolute Gasteiger partial charge is 0.164 e. The fourth-order valence-electron chi connectivity index (χ4n) is 2.23. The van der Waals surface area contributed by atoms with Gasteiger partial charge in [0.2, 0.25) is 0 Å². The van der Waals surface area contributed by atoms with Gasteiger partial charge in [0.1, 0.15) is 10.8 Å². The molecule has 6 heteroatoms. The fourth-order valence-corrected chi connectivity index (χ4v) is 2.93. The van der Waals surface area contributed by atoms with Gasteiger partial charge in [-0.15, -0.1) is 0 Å². The molecule has 0 aliphatic heterocycles. The van der Waals surface area contributed by atoms with Gasteiger partial charge < -0.3 is 0 Å². The molecule has 0 radical (unpaired) electrons. The standard InChI is InChI=1S/C15H9BrCl2N2O/c1-8(21)14-12-3-2-4-13(18)20(12)19-15(14)9-5-6-11(17)10(16)7-9/h2-7H,1H3. The molecule has 0 atom stereocenters. The lowest BCUT2D eigenvalue weighted by molar-refractivity contribution is 0.102. The maximum Gasteiger partial charge on any atom is 0.164 e. The number of fused-ring (bicyclic) bond motifs is 1. The Morgan fingerprint density at radius 3 is 2.67 bits per heavy atom. The fraction of sp³-hybridized carbons (Fsp3) is 0.0667. The van der Waals surface area contributed by atoms with E-state index >= 15 is 0 Å². The van der Waals surface area contributed by atoms with Crippen molar-refractivity contribution in [2.45, 2.75) is 6.92 Å². The third-order valence-electron chi connectivity index (χ3n) is 3.16. The predicted molar refractivity (Wildman–Crippen MR) is 88.4 cm³/mol. The van der Waals surface area contributed by atoms with E-state index in [-0.39, 0.29) is 5.78 Å². The Balaban J connectivity index is 2.36. The second-order valence-electron chi connectivity index (χ2n) is 4.55. The van der Waals surface area contributed by atoms with Crippen molar-refractivity contribution in [3.63, 3.8) is 0 Å². The number of pyridine rings is 1. The lowest BCUT2D eigenvalue weighted by atomic mass is 10.0. The summed E-state index contributed by atoms with van der Waals surface area (Å²) in [4.78, 5) is 12.0. The SMILES string of the molecule is CC(=O)c1c(-c2ccc(Cl)c(Br)c2)nn2c(Cl)cccc12. The number of carbonyl (C=O) groups excluding carboxylic acids is 1. The quantitative estimate of drug-likeness (QED) is 0.446. The van der Waals surface area contributed by atoms with Crippen molar-refractivity contribution in [2.75, 3.05) is 0 Å². The maximum atomic E-state index is 12.0. The minimum absolute atomic E-state index is 0.0617. The van der Waals surface area contributed by atoms with Gasteiger partial charge in [0, 0.05) is 10.0 Å². The Morgan fingerprint density at radius 2 is 2.00 bits per heavy atom. The first-order valence-corrected chi connectivity index (χ1v) is 7.67. The molecule has 0 aliphatic carbocycles. The van der Waals surface area contributed by atoms with E-state index in [1.54, 1.807) is 22.7 Å². The van der Waals surface area contributed by atoms with Crippen molar-refractivity contribution in [1.29, 1.82) is 0 Å². The van der Waals surface area contributed by atoms with Crippen LogP contribution in [0.4, 0.5) is 0 Å². The molecular formula is C15H9BrCl2N2O. The van der Waals surface area contributed by atoms with Crippen LogP contribution in [0.2, 0.25) is 10.2 Å². The third kappa shape index (κ3) is 2.48. The molecule has 0 N–H and O–H groups in total. The molecule has 0 amide bonds. The molecule has 3 aromatic rings. The summed E-state index contributed by atoms with van der Waals surface area (Å²) < 4.78 is 2.31. The van der Waals surface area contributed by atoms with Gasteiger partial charge in [-0.2, -0.15) is 5.10 Å². The second kappa shape index (κ2) is 5.44. The van der Waals surface area contributed by atoms with E-state index in [9.17, 15) is 4.79 Å². The monoisotopic (exact) mass is 382 g/mol. The van der Waals surface area contributed by atoms with Crippen molar-refractivity contribution >= 4 is 50.4 Å². The van der Waals surface area contributed by atoms with E-state index in [1.165, 1.54) is 6.92 Å². The number of hydrogen-bond donors (Lipinski definition) is 0. The van der Waals surface area contributed by atoms with E-state index < -0.39 is 0 Å². The van der Waals surface area contributed by atoms with Gasteiger partial charge in [0.15, 0.2) is 5.78 Å². The number of halogens is 3. The summed E-state index contributed by atoms with van der Waals surface area (Å²) in [5, 5.41) is 5.53. The van der Waals surface area contributed by atoms with Crippen LogP contribution < -0.4 is 0 Å². The molecule has 0 spiro atoms. The molecule has 2 heterocycles. The Bertz CT molecular complexity index is 873.